The molecule has 3 aromatic rings. The first-order valence-corrected chi connectivity index (χ1v) is 12.3. The fraction of sp³-hybridized carbons (Fsp3) is 0.440. The minimum absolute atomic E-state index is 0.111. The average molecular weight is 468 g/mol. The lowest BCUT2D eigenvalue weighted by molar-refractivity contribution is -0.127. The topological polar surface area (TPSA) is 64.1 Å². The van der Waals surface area contributed by atoms with Gasteiger partial charge in [0.15, 0.2) is 16.6 Å². The zero-order chi connectivity index (χ0) is 22.8. The van der Waals surface area contributed by atoms with Gasteiger partial charge in [0.05, 0.1) is 23.4 Å². The lowest BCUT2D eigenvalue weighted by atomic mass is 10.1. The second kappa shape index (κ2) is 9.67. The summed E-state index contributed by atoms with van der Waals surface area (Å²) >= 11 is 1.57. The third kappa shape index (κ3) is 4.83. The summed E-state index contributed by atoms with van der Waals surface area (Å²) in [6, 6.07) is 11.7. The van der Waals surface area contributed by atoms with Gasteiger partial charge < -0.3 is 14.2 Å². The van der Waals surface area contributed by atoms with E-state index in [1.54, 1.807) is 16.2 Å². The van der Waals surface area contributed by atoms with Crippen LogP contribution in [0.2, 0.25) is 0 Å². The van der Waals surface area contributed by atoms with Crippen LogP contribution in [0.15, 0.2) is 36.4 Å². The van der Waals surface area contributed by atoms with Crippen molar-refractivity contribution in [2.45, 2.75) is 26.4 Å². The lowest BCUT2D eigenvalue weighted by Gasteiger charge is -2.31. The number of aryl methyl sites for hydroxylation is 2. The van der Waals surface area contributed by atoms with Crippen molar-refractivity contribution in [1.82, 2.24) is 9.88 Å². The third-order valence-corrected chi connectivity index (χ3v) is 7.28. The van der Waals surface area contributed by atoms with Gasteiger partial charge in [-0.2, -0.15) is 0 Å². The summed E-state index contributed by atoms with van der Waals surface area (Å²) in [5.74, 6) is 1.16. The number of hydrogen-bond donors (Lipinski definition) is 0. The van der Waals surface area contributed by atoms with Gasteiger partial charge >= 0.3 is 0 Å². The molecule has 1 amide bonds. The summed E-state index contributed by atoms with van der Waals surface area (Å²) < 4.78 is 18.4. The van der Waals surface area contributed by atoms with Crippen LogP contribution in [0.5, 0.6) is 11.5 Å². The van der Waals surface area contributed by atoms with Crippen molar-refractivity contribution in [3.05, 3.63) is 47.5 Å². The molecule has 1 fully saturated rings. The van der Waals surface area contributed by atoms with Gasteiger partial charge in [0.2, 0.25) is 6.10 Å². The number of amides is 1. The molecule has 0 radical (unpaired) electrons. The maximum Gasteiger partial charge on any atom is 0.273 e. The van der Waals surface area contributed by atoms with Gasteiger partial charge in [0, 0.05) is 26.2 Å². The van der Waals surface area contributed by atoms with Crippen molar-refractivity contribution in [1.29, 1.82) is 0 Å². The molecule has 2 aliphatic rings. The highest BCUT2D eigenvalue weighted by Gasteiger charge is 2.33. The quantitative estimate of drug-likeness (QED) is 0.549. The Morgan fingerprint density at radius 2 is 1.97 bits per heavy atom. The molecule has 1 saturated heterocycles. The molecule has 7 nitrogen and oxygen atoms in total. The maximum atomic E-state index is 13.7. The summed E-state index contributed by atoms with van der Waals surface area (Å²) in [5.41, 5.74) is 3.29. The van der Waals surface area contributed by atoms with E-state index in [0.717, 1.165) is 49.5 Å². The van der Waals surface area contributed by atoms with E-state index in [2.05, 4.69) is 30.9 Å². The lowest BCUT2D eigenvalue weighted by Crippen LogP contribution is -2.47. The van der Waals surface area contributed by atoms with Crippen LogP contribution in [0.3, 0.4) is 0 Å². The standard InChI is InChI=1S/C25H29N3O4S/c1-17-14-18(2)23-19(15-17)26-25(33-23)28(9-5-8-27-10-12-30-13-11-27)24(29)22-16-31-20-6-3-4-7-21(20)32-22/h3-4,6-7,14-15,22H,5,8-13,16H2,1-2H3. The highest BCUT2D eigenvalue weighted by Crippen LogP contribution is 2.35. The van der Waals surface area contributed by atoms with Gasteiger partial charge in [0.25, 0.3) is 5.91 Å². The SMILES string of the molecule is Cc1cc(C)c2sc(N(CCCN3CCOCC3)C(=O)C3COc4ccccc4O3)nc2c1. The highest BCUT2D eigenvalue weighted by atomic mass is 32.1. The Hall–Kier alpha value is -2.68. The predicted octanol–water partition coefficient (Wildman–Crippen LogP) is 3.81. The second-order valence-corrected chi connectivity index (χ2v) is 9.57. The molecular formula is C25H29N3O4S. The largest absolute Gasteiger partial charge is 0.485 e. The van der Waals surface area contributed by atoms with Gasteiger partial charge in [-0.1, -0.05) is 29.5 Å². The van der Waals surface area contributed by atoms with E-state index >= 15 is 0 Å². The number of aromatic nitrogens is 1. The van der Waals surface area contributed by atoms with E-state index in [-0.39, 0.29) is 12.5 Å². The molecule has 0 spiro atoms. The number of fused-ring (bicyclic) bond motifs is 2. The van der Waals surface area contributed by atoms with E-state index in [1.807, 2.05) is 24.3 Å². The highest BCUT2D eigenvalue weighted by molar-refractivity contribution is 7.22. The molecule has 2 aromatic carbocycles. The normalized spacial score (nSPS) is 18.4. The van der Waals surface area contributed by atoms with Gasteiger partial charge in [-0.25, -0.2) is 4.98 Å². The van der Waals surface area contributed by atoms with Crippen LogP contribution >= 0.6 is 11.3 Å². The predicted molar refractivity (Wildman–Crippen MR) is 130 cm³/mol. The van der Waals surface area contributed by atoms with E-state index in [4.69, 9.17) is 19.2 Å². The monoisotopic (exact) mass is 467 g/mol. The Morgan fingerprint density at radius 3 is 2.79 bits per heavy atom. The summed E-state index contributed by atoms with van der Waals surface area (Å²) in [4.78, 5) is 22.7. The van der Waals surface area contributed by atoms with Crippen molar-refractivity contribution in [3.8, 4) is 11.5 Å². The zero-order valence-electron chi connectivity index (χ0n) is 19.1. The van der Waals surface area contributed by atoms with Crippen molar-refractivity contribution in [3.63, 3.8) is 0 Å². The summed E-state index contributed by atoms with van der Waals surface area (Å²) in [5, 5.41) is 0.716. The minimum atomic E-state index is -0.696. The molecule has 33 heavy (non-hydrogen) atoms. The van der Waals surface area contributed by atoms with Crippen molar-refractivity contribution >= 4 is 32.6 Å². The van der Waals surface area contributed by atoms with Gasteiger partial charge in [0.1, 0.15) is 6.61 Å². The number of hydrogen-bond acceptors (Lipinski definition) is 7. The molecule has 8 heteroatoms. The number of carbonyl (C=O) groups is 1. The van der Waals surface area contributed by atoms with Crippen LogP contribution < -0.4 is 14.4 Å². The fourth-order valence-electron chi connectivity index (χ4n) is 4.37. The molecule has 1 atom stereocenters. The Kier molecular flexibility index (Phi) is 6.48. The molecule has 0 aliphatic carbocycles. The van der Waals surface area contributed by atoms with Gasteiger partial charge in [-0.3, -0.25) is 14.6 Å². The van der Waals surface area contributed by atoms with Crippen molar-refractivity contribution in [2.24, 2.45) is 0 Å². The van der Waals surface area contributed by atoms with Crippen LogP contribution in [0, 0.1) is 13.8 Å². The van der Waals surface area contributed by atoms with Crippen LogP contribution in [0.25, 0.3) is 10.2 Å². The molecule has 174 valence electrons. The molecular weight excluding hydrogens is 438 g/mol. The number of morpholine rings is 1. The minimum Gasteiger partial charge on any atom is -0.485 e. The Morgan fingerprint density at radius 1 is 1.18 bits per heavy atom. The van der Waals surface area contributed by atoms with E-state index in [1.165, 1.54) is 11.1 Å². The molecule has 0 bridgehead atoms. The number of anilines is 1. The first-order chi connectivity index (χ1) is 16.1. The fourth-order valence-corrected chi connectivity index (χ4v) is 5.42. The number of para-hydroxylation sites is 2. The Balaban J connectivity index is 1.38. The molecule has 0 saturated carbocycles. The van der Waals surface area contributed by atoms with Gasteiger partial charge in [-0.05, 0) is 49.6 Å². The second-order valence-electron chi connectivity index (χ2n) is 8.59. The van der Waals surface area contributed by atoms with Crippen molar-refractivity contribution < 1.29 is 19.0 Å². The first kappa shape index (κ1) is 22.1. The molecule has 2 aliphatic heterocycles. The smallest absolute Gasteiger partial charge is 0.273 e. The van der Waals surface area contributed by atoms with Crippen LogP contribution in [-0.2, 0) is 9.53 Å². The number of rotatable bonds is 6. The number of thiazole rings is 1. The molecule has 1 aromatic heterocycles. The maximum absolute atomic E-state index is 13.7. The van der Waals surface area contributed by atoms with Crippen molar-refractivity contribution in [2.75, 3.05) is 50.9 Å². The summed E-state index contributed by atoms with van der Waals surface area (Å²) in [6.45, 7) is 9.26. The average Bonchev–Trinajstić information content (AvgIpc) is 3.26. The number of nitrogens with zero attached hydrogens (tertiary/aromatic N) is 3. The number of benzene rings is 2. The summed E-state index contributed by atoms with van der Waals surface area (Å²) in [7, 11) is 0. The molecule has 1 unspecified atom stereocenters. The van der Waals surface area contributed by atoms with Gasteiger partial charge in [-0.15, -0.1) is 0 Å². The number of ether oxygens (including phenoxy) is 3. The van der Waals surface area contributed by atoms with E-state index < -0.39 is 6.10 Å². The summed E-state index contributed by atoms with van der Waals surface area (Å²) in [6.07, 6.45) is 0.155. The Labute approximate surface area is 197 Å². The van der Waals surface area contributed by atoms with Crippen LogP contribution in [-0.4, -0.2) is 67.9 Å². The molecule has 0 N–H and O–H groups in total. The van der Waals surface area contributed by atoms with Crippen LogP contribution in [0.1, 0.15) is 17.5 Å². The number of carbonyl (C=O) groups excluding carboxylic acids is 1. The molecule has 3 heterocycles. The molecule has 5 rings (SSSR count). The van der Waals surface area contributed by atoms with E-state index in [9.17, 15) is 4.79 Å². The Bertz CT molecular complexity index is 1140. The first-order valence-electron chi connectivity index (χ1n) is 11.5. The zero-order valence-corrected chi connectivity index (χ0v) is 19.9. The van der Waals surface area contributed by atoms with E-state index in [0.29, 0.717) is 23.2 Å². The van der Waals surface area contributed by atoms with Crippen LogP contribution in [0.4, 0.5) is 5.13 Å². The third-order valence-electron chi connectivity index (χ3n) is 6.05.